The molecule has 6 heteroatoms. The summed E-state index contributed by atoms with van der Waals surface area (Å²) in [4.78, 5) is 21.2. The van der Waals surface area contributed by atoms with E-state index in [0.29, 0.717) is 0 Å². The molecule has 0 fully saturated rings. The van der Waals surface area contributed by atoms with Gasteiger partial charge in [0.25, 0.3) is 0 Å². The minimum absolute atomic E-state index is 0.0794. The molecular formula is C7H14N2O4. The van der Waals surface area contributed by atoms with Gasteiger partial charge in [0.05, 0.1) is 6.54 Å². The van der Waals surface area contributed by atoms with E-state index < -0.39 is 18.0 Å². The second-order valence-electron chi connectivity index (χ2n) is 2.39. The predicted molar refractivity (Wildman–Crippen MR) is 45.4 cm³/mol. The van der Waals surface area contributed by atoms with E-state index in [4.69, 9.17) is 5.11 Å². The molecule has 0 bridgehead atoms. The highest BCUT2D eigenvalue weighted by Gasteiger charge is 2.16. The van der Waals surface area contributed by atoms with E-state index >= 15 is 0 Å². The summed E-state index contributed by atoms with van der Waals surface area (Å²) in [5, 5.41) is 13.6. The van der Waals surface area contributed by atoms with Gasteiger partial charge in [-0.3, -0.25) is 9.59 Å². The van der Waals surface area contributed by atoms with Crippen LogP contribution in [0.15, 0.2) is 0 Å². The first-order valence-electron chi connectivity index (χ1n) is 3.82. The summed E-state index contributed by atoms with van der Waals surface area (Å²) in [5.74, 6) is -1.51. The number of rotatable bonds is 6. The third-order valence-electron chi connectivity index (χ3n) is 1.38. The molecule has 0 aromatic rings. The number of aliphatic carboxylic acids is 1. The van der Waals surface area contributed by atoms with E-state index in [1.54, 1.807) is 7.05 Å². The number of esters is 1. The molecule has 0 heterocycles. The number of carbonyl (C=O) groups excluding carboxylic acids is 1. The highest BCUT2D eigenvalue weighted by atomic mass is 16.5. The molecule has 0 rings (SSSR count). The van der Waals surface area contributed by atoms with Crippen LogP contribution < -0.4 is 10.6 Å². The minimum Gasteiger partial charge on any atom is -0.480 e. The predicted octanol–water partition coefficient (Wildman–Crippen LogP) is -1.58. The van der Waals surface area contributed by atoms with E-state index in [1.165, 1.54) is 7.05 Å². The van der Waals surface area contributed by atoms with Crippen molar-refractivity contribution in [3.05, 3.63) is 0 Å². The minimum atomic E-state index is -1.04. The van der Waals surface area contributed by atoms with Crippen LogP contribution in [0.1, 0.15) is 0 Å². The Morgan fingerprint density at radius 3 is 2.46 bits per heavy atom. The highest BCUT2D eigenvalue weighted by Crippen LogP contribution is 1.86. The normalized spacial score (nSPS) is 12.2. The molecule has 0 saturated heterocycles. The Bertz CT molecular complexity index is 183. The summed E-state index contributed by atoms with van der Waals surface area (Å²) in [5.41, 5.74) is 0. The molecule has 0 aliphatic heterocycles. The summed E-state index contributed by atoms with van der Waals surface area (Å²) in [6, 6.07) is -0.846. The van der Waals surface area contributed by atoms with Crippen LogP contribution in [0, 0.1) is 0 Å². The van der Waals surface area contributed by atoms with Crippen LogP contribution in [0.25, 0.3) is 0 Å². The van der Waals surface area contributed by atoms with Crippen molar-refractivity contribution >= 4 is 11.9 Å². The lowest BCUT2D eigenvalue weighted by Gasteiger charge is -2.11. The second kappa shape index (κ2) is 6.38. The van der Waals surface area contributed by atoms with Crippen molar-refractivity contribution in [2.24, 2.45) is 0 Å². The lowest BCUT2D eigenvalue weighted by Crippen LogP contribution is -2.39. The van der Waals surface area contributed by atoms with Gasteiger partial charge in [0.2, 0.25) is 0 Å². The first-order valence-corrected chi connectivity index (χ1v) is 3.82. The topological polar surface area (TPSA) is 87.7 Å². The molecular weight excluding hydrogens is 176 g/mol. The zero-order valence-electron chi connectivity index (χ0n) is 7.66. The maximum atomic E-state index is 10.8. The number of carboxylic acids is 1. The number of nitrogens with one attached hydrogen (secondary N) is 2. The third kappa shape index (κ3) is 5.15. The van der Waals surface area contributed by atoms with E-state index in [1.807, 2.05) is 0 Å². The molecule has 0 saturated carbocycles. The monoisotopic (exact) mass is 190 g/mol. The van der Waals surface area contributed by atoms with Crippen molar-refractivity contribution in [3.8, 4) is 0 Å². The van der Waals surface area contributed by atoms with E-state index in [-0.39, 0.29) is 13.2 Å². The molecule has 0 aliphatic carbocycles. The summed E-state index contributed by atoms with van der Waals surface area (Å²) in [7, 11) is 3.10. The van der Waals surface area contributed by atoms with E-state index in [2.05, 4.69) is 15.4 Å². The van der Waals surface area contributed by atoms with Crippen LogP contribution in [-0.4, -0.2) is 50.3 Å². The Morgan fingerprint density at radius 2 is 2.08 bits per heavy atom. The van der Waals surface area contributed by atoms with Crippen molar-refractivity contribution in [1.29, 1.82) is 0 Å². The van der Waals surface area contributed by atoms with E-state index in [0.717, 1.165) is 0 Å². The van der Waals surface area contributed by atoms with Gasteiger partial charge in [-0.1, -0.05) is 0 Å². The summed E-state index contributed by atoms with van der Waals surface area (Å²) < 4.78 is 4.65. The van der Waals surface area contributed by atoms with Gasteiger partial charge in [0.15, 0.2) is 0 Å². The summed E-state index contributed by atoms with van der Waals surface area (Å²) in [6.07, 6.45) is 0. The van der Waals surface area contributed by atoms with Crippen molar-refractivity contribution in [2.75, 3.05) is 27.2 Å². The fourth-order valence-corrected chi connectivity index (χ4v) is 0.650. The van der Waals surface area contributed by atoms with Crippen LogP contribution >= 0.6 is 0 Å². The quantitative estimate of drug-likeness (QED) is 0.438. The summed E-state index contributed by atoms with van der Waals surface area (Å²) >= 11 is 0. The molecule has 6 nitrogen and oxygen atoms in total. The fraction of sp³-hybridized carbons (Fsp3) is 0.714. The van der Waals surface area contributed by atoms with Crippen LogP contribution in [-0.2, 0) is 14.3 Å². The average molecular weight is 190 g/mol. The molecule has 0 aromatic heterocycles. The zero-order valence-corrected chi connectivity index (χ0v) is 7.66. The van der Waals surface area contributed by atoms with Gasteiger partial charge in [-0.2, -0.15) is 0 Å². The molecule has 0 radical (unpaired) electrons. The van der Waals surface area contributed by atoms with Crippen molar-refractivity contribution < 1.29 is 19.4 Å². The molecule has 0 aromatic carbocycles. The van der Waals surface area contributed by atoms with Gasteiger partial charge in [-0.15, -0.1) is 0 Å². The maximum Gasteiger partial charge on any atom is 0.324 e. The standard InChI is InChI=1S/C7H14N2O4/c1-8-3-6(10)13-4-5(9-2)7(11)12/h5,8-9H,3-4H2,1-2H3,(H,11,12)/t5-/m0/s1. The van der Waals surface area contributed by atoms with Gasteiger partial charge in [0, 0.05) is 0 Å². The van der Waals surface area contributed by atoms with Crippen molar-refractivity contribution in [1.82, 2.24) is 10.6 Å². The maximum absolute atomic E-state index is 10.8. The number of likely N-dealkylation sites (N-methyl/N-ethyl adjacent to an activating group) is 2. The molecule has 0 aliphatic rings. The van der Waals surface area contributed by atoms with Gasteiger partial charge in [-0.25, -0.2) is 0 Å². The number of hydrogen-bond acceptors (Lipinski definition) is 5. The molecule has 0 amide bonds. The van der Waals surface area contributed by atoms with Crippen molar-refractivity contribution in [3.63, 3.8) is 0 Å². The van der Waals surface area contributed by atoms with Crippen LogP contribution in [0.2, 0.25) is 0 Å². The molecule has 0 spiro atoms. The Morgan fingerprint density at radius 1 is 1.46 bits per heavy atom. The van der Waals surface area contributed by atoms with Crippen LogP contribution in [0.5, 0.6) is 0 Å². The highest BCUT2D eigenvalue weighted by molar-refractivity contribution is 5.75. The Labute approximate surface area is 76.3 Å². The first-order chi connectivity index (χ1) is 6.11. The lowest BCUT2D eigenvalue weighted by atomic mass is 10.3. The molecule has 13 heavy (non-hydrogen) atoms. The number of hydrogen-bond donors (Lipinski definition) is 3. The Balaban J connectivity index is 3.72. The summed E-state index contributed by atoms with van der Waals surface area (Å²) in [6.45, 7) is -0.0810. The van der Waals surface area contributed by atoms with Gasteiger partial charge in [0.1, 0.15) is 12.6 Å². The number of carbonyl (C=O) groups is 2. The van der Waals surface area contributed by atoms with E-state index in [9.17, 15) is 9.59 Å². The average Bonchev–Trinajstić information content (AvgIpc) is 2.05. The fourth-order valence-electron chi connectivity index (χ4n) is 0.650. The Kier molecular flexibility index (Phi) is 5.82. The molecule has 1 atom stereocenters. The second-order valence-corrected chi connectivity index (χ2v) is 2.39. The van der Waals surface area contributed by atoms with Gasteiger partial charge >= 0.3 is 11.9 Å². The molecule has 3 N–H and O–H groups in total. The number of ether oxygens (including phenoxy) is 1. The molecule has 0 unspecified atom stereocenters. The Hall–Kier alpha value is -1.14. The first kappa shape index (κ1) is 11.9. The lowest BCUT2D eigenvalue weighted by molar-refractivity contribution is -0.147. The largest absolute Gasteiger partial charge is 0.480 e. The smallest absolute Gasteiger partial charge is 0.324 e. The van der Waals surface area contributed by atoms with Crippen LogP contribution in [0.3, 0.4) is 0 Å². The van der Waals surface area contributed by atoms with Crippen LogP contribution in [0.4, 0.5) is 0 Å². The van der Waals surface area contributed by atoms with Gasteiger partial charge in [-0.05, 0) is 14.1 Å². The third-order valence-corrected chi connectivity index (χ3v) is 1.38. The molecule has 76 valence electrons. The van der Waals surface area contributed by atoms with Gasteiger partial charge < -0.3 is 20.5 Å². The SMILES string of the molecule is CNCC(=O)OC[C@H](NC)C(=O)O. The number of carboxylic acid groups (broad SMARTS) is 1. The zero-order chi connectivity index (χ0) is 10.3. The van der Waals surface area contributed by atoms with Crippen molar-refractivity contribution in [2.45, 2.75) is 6.04 Å².